The molecule has 4 heteroatoms. The van der Waals surface area contributed by atoms with Gasteiger partial charge in [-0.25, -0.2) is 0 Å². The van der Waals surface area contributed by atoms with Crippen molar-refractivity contribution in [2.24, 2.45) is 0 Å². The van der Waals surface area contributed by atoms with Gasteiger partial charge in [0.05, 0.1) is 0 Å². The van der Waals surface area contributed by atoms with E-state index < -0.39 is 0 Å². The smallest absolute Gasteiger partial charge is 0.267 e. The van der Waals surface area contributed by atoms with Gasteiger partial charge in [-0.05, 0) is 37.6 Å². The van der Waals surface area contributed by atoms with Crippen LogP contribution in [0.3, 0.4) is 0 Å². The monoisotopic (exact) mass is 243 g/mol. The minimum absolute atomic E-state index is 0.0145. The molecule has 4 nitrogen and oxygen atoms in total. The van der Waals surface area contributed by atoms with Crippen molar-refractivity contribution in [3.05, 3.63) is 35.5 Å². The second kappa shape index (κ2) is 4.46. The van der Waals surface area contributed by atoms with Crippen LogP contribution in [0.1, 0.15) is 22.5 Å². The van der Waals surface area contributed by atoms with E-state index in [1.54, 1.807) is 0 Å². The summed E-state index contributed by atoms with van der Waals surface area (Å²) in [7, 11) is 0. The van der Waals surface area contributed by atoms with Crippen LogP contribution in [0.25, 0.3) is 10.9 Å². The summed E-state index contributed by atoms with van der Waals surface area (Å²) >= 11 is 0. The molecule has 2 aromatic rings. The summed E-state index contributed by atoms with van der Waals surface area (Å²) in [5, 5.41) is 7.40. The number of hydrogen-bond donors (Lipinski definition) is 3. The van der Waals surface area contributed by atoms with E-state index in [9.17, 15) is 4.79 Å². The van der Waals surface area contributed by atoms with Crippen LogP contribution in [0, 0.1) is 6.92 Å². The number of rotatable bonds is 2. The van der Waals surface area contributed by atoms with Crippen molar-refractivity contribution < 1.29 is 4.79 Å². The highest BCUT2D eigenvalue weighted by Gasteiger charge is 2.18. The van der Waals surface area contributed by atoms with Crippen molar-refractivity contribution in [1.82, 2.24) is 15.6 Å². The lowest BCUT2D eigenvalue weighted by molar-refractivity contribution is 0.0936. The first-order valence-corrected chi connectivity index (χ1v) is 6.34. The van der Waals surface area contributed by atoms with Gasteiger partial charge in [0, 0.05) is 23.5 Å². The fourth-order valence-electron chi connectivity index (χ4n) is 2.47. The van der Waals surface area contributed by atoms with E-state index in [1.807, 2.05) is 18.2 Å². The number of carbonyl (C=O) groups excluding carboxylic acids is 1. The first-order valence-electron chi connectivity index (χ1n) is 6.34. The Hall–Kier alpha value is -1.81. The standard InChI is InChI=1S/C14H17N3O/c1-9-3-2-4-12-11(9)7-13(17-12)14(18)16-10-5-6-15-8-10/h2-4,7,10,15,17H,5-6,8H2,1H3,(H,16,18). The summed E-state index contributed by atoms with van der Waals surface area (Å²) < 4.78 is 0. The maximum atomic E-state index is 12.1. The van der Waals surface area contributed by atoms with Crippen molar-refractivity contribution in [3.8, 4) is 0 Å². The van der Waals surface area contributed by atoms with Crippen LogP contribution in [-0.4, -0.2) is 30.0 Å². The molecule has 2 heterocycles. The van der Waals surface area contributed by atoms with Gasteiger partial charge in [-0.15, -0.1) is 0 Å². The molecule has 3 N–H and O–H groups in total. The van der Waals surface area contributed by atoms with Gasteiger partial charge in [0.1, 0.15) is 5.69 Å². The zero-order chi connectivity index (χ0) is 12.5. The second-order valence-electron chi connectivity index (χ2n) is 4.88. The number of benzene rings is 1. The quantitative estimate of drug-likeness (QED) is 0.750. The number of hydrogen-bond acceptors (Lipinski definition) is 2. The number of amides is 1. The summed E-state index contributed by atoms with van der Waals surface area (Å²) in [4.78, 5) is 15.3. The minimum atomic E-state index is -0.0145. The van der Waals surface area contributed by atoms with Crippen LogP contribution >= 0.6 is 0 Å². The van der Waals surface area contributed by atoms with E-state index in [2.05, 4.69) is 28.6 Å². The maximum absolute atomic E-state index is 12.1. The van der Waals surface area contributed by atoms with Crippen LogP contribution in [0.2, 0.25) is 0 Å². The highest BCUT2D eigenvalue weighted by molar-refractivity contribution is 5.98. The zero-order valence-corrected chi connectivity index (χ0v) is 10.4. The minimum Gasteiger partial charge on any atom is -0.351 e. The molecule has 94 valence electrons. The van der Waals surface area contributed by atoms with Crippen LogP contribution in [0.5, 0.6) is 0 Å². The average Bonchev–Trinajstić information content (AvgIpc) is 2.97. The fraction of sp³-hybridized carbons (Fsp3) is 0.357. The third-order valence-corrected chi connectivity index (χ3v) is 3.52. The number of fused-ring (bicyclic) bond motifs is 1. The molecule has 1 aromatic carbocycles. The van der Waals surface area contributed by atoms with Gasteiger partial charge >= 0.3 is 0 Å². The Kier molecular flexibility index (Phi) is 2.80. The molecule has 18 heavy (non-hydrogen) atoms. The molecule has 0 aliphatic carbocycles. The molecule has 1 amide bonds. The SMILES string of the molecule is Cc1cccc2[nH]c(C(=O)NC3CCNC3)cc12. The van der Waals surface area contributed by atoms with Crippen LogP contribution in [0.15, 0.2) is 24.3 Å². The van der Waals surface area contributed by atoms with E-state index in [1.165, 1.54) is 5.56 Å². The zero-order valence-electron chi connectivity index (χ0n) is 10.4. The second-order valence-corrected chi connectivity index (χ2v) is 4.88. The molecule has 0 saturated carbocycles. The van der Waals surface area contributed by atoms with E-state index >= 15 is 0 Å². The highest BCUT2D eigenvalue weighted by atomic mass is 16.1. The molecule has 1 saturated heterocycles. The van der Waals surface area contributed by atoms with Gasteiger partial charge in [0.25, 0.3) is 5.91 Å². The molecule has 1 aliphatic rings. The number of nitrogens with one attached hydrogen (secondary N) is 3. The van der Waals surface area contributed by atoms with Gasteiger partial charge in [0.15, 0.2) is 0 Å². The summed E-state index contributed by atoms with van der Waals surface area (Å²) in [5.74, 6) is -0.0145. The first kappa shape index (κ1) is 11.3. The van der Waals surface area contributed by atoms with Gasteiger partial charge in [-0.2, -0.15) is 0 Å². The summed E-state index contributed by atoms with van der Waals surface area (Å²) in [6.07, 6.45) is 1.00. The number of aromatic nitrogens is 1. The van der Waals surface area contributed by atoms with Crippen molar-refractivity contribution in [1.29, 1.82) is 0 Å². The lowest BCUT2D eigenvalue weighted by atomic mass is 10.1. The predicted octanol–water partition coefficient (Wildman–Crippen LogP) is 1.57. The maximum Gasteiger partial charge on any atom is 0.267 e. The molecule has 1 atom stereocenters. The Balaban J connectivity index is 1.85. The average molecular weight is 243 g/mol. The van der Waals surface area contributed by atoms with Gasteiger partial charge in [-0.3, -0.25) is 4.79 Å². The van der Waals surface area contributed by atoms with Crippen molar-refractivity contribution in [3.63, 3.8) is 0 Å². The molecule has 1 aliphatic heterocycles. The van der Waals surface area contributed by atoms with Crippen LogP contribution < -0.4 is 10.6 Å². The number of aryl methyl sites for hydroxylation is 1. The van der Waals surface area contributed by atoms with Crippen molar-refractivity contribution in [2.75, 3.05) is 13.1 Å². The van der Waals surface area contributed by atoms with E-state index in [4.69, 9.17) is 0 Å². The molecule has 0 spiro atoms. The Morgan fingerprint density at radius 2 is 2.33 bits per heavy atom. The lowest BCUT2D eigenvalue weighted by Crippen LogP contribution is -2.36. The highest BCUT2D eigenvalue weighted by Crippen LogP contribution is 2.19. The third kappa shape index (κ3) is 1.99. The normalized spacial score (nSPS) is 19.3. The molecular formula is C14H17N3O. The van der Waals surface area contributed by atoms with Gasteiger partial charge in [0.2, 0.25) is 0 Å². The molecule has 1 aromatic heterocycles. The van der Waals surface area contributed by atoms with Crippen molar-refractivity contribution in [2.45, 2.75) is 19.4 Å². The Labute approximate surface area is 106 Å². The van der Waals surface area contributed by atoms with E-state index in [0.29, 0.717) is 5.69 Å². The fourth-order valence-corrected chi connectivity index (χ4v) is 2.47. The summed E-state index contributed by atoms with van der Waals surface area (Å²) in [6.45, 7) is 3.90. The Bertz CT molecular complexity index is 582. The van der Waals surface area contributed by atoms with E-state index in [0.717, 1.165) is 30.4 Å². The first-order chi connectivity index (χ1) is 8.74. The number of aromatic amines is 1. The number of carbonyl (C=O) groups is 1. The Morgan fingerprint density at radius 1 is 1.44 bits per heavy atom. The molecule has 0 radical (unpaired) electrons. The number of H-pyrrole nitrogens is 1. The molecule has 1 fully saturated rings. The third-order valence-electron chi connectivity index (χ3n) is 3.52. The summed E-state index contributed by atoms with van der Waals surface area (Å²) in [5.41, 5.74) is 2.85. The molecule has 3 rings (SSSR count). The van der Waals surface area contributed by atoms with Crippen LogP contribution in [0.4, 0.5) is 0 Å². The molecular weight excluding hydrogens is 226 g/mol. The molecule has 1 unspecified atom stereocenters. The predicted molar refractivity (Wildman–Crippen MR) is 71.8 cm³/mol. The summed E-state index contributed by atoms with van der Waals surface area (Å²) in [6, 6.07) is 8.23. The lowest BCUT2D eigenvalue weighted by Gasteiger charge is -2.09. The largest absolute Gasteiger partial charge is 0.351 e. The Morgan fingerprint density at radius 3 is 3.06 bits per heavy atom. The topological polar surface area (TPSA) is 56.9 Å². The van der Waals surface area contributed by atoms with Gasteiger partial charge in [-0.1, -0.05) is 12.1 Å². The van der Waals surface area contributed by atoms with Gasteiger partial charge < -0.3 is 15.6 Å². The van der Waals surface area contributed by atoms with E-state index in [-0.39, 0.29) is 11.9 Å². The van der Waals surface area contributed by atoms with Crippen molar-refractivity contribution >= 4 is 16.8 Å². The van der Waals surface area contributed by atoms with Crippen LogP contribution in [-0.2, 0) is 0 Å². The molecule has 0 bridgehead atoms.